The second kappa shape index (κ2) is 6.12. The van der Waals surface area contributed by atoms with Crippen LogP contribution in [0.2, 0.25) is 0 Å². The SMILES string of the molecule is C=C1CCC[C@@]2(C)CC[C@@H](/C(C)=C/C=C\C(C)(C)O)C[C@H]12. The molecule has 0 aromatic carbocycles. The van der Waals surface area contributed by atoms with Gasteiger partial charge in [-0.3, -0.25) is 0 Å². The van der Waals surface area contributed by atoms with E-state index in [0.717, 1.165) is 0 Å². The lowest BCUT2D eigenvalue weighted by Crippen LogP contribution is -2.38. The molecule has 0 heterocycles. The highest BCUT2D eigenvalue weighted by Gasteiger charge is 2.42. The number of hydrogen-bond acceptors (Lipinski definition) is 1. The lowest BCUT2D eigenvalue weighted by atomic mass is 9.56. The summed E-state index contributed by atoms with van der Waals surface area (Å²) < 4.78 is 0. The molecule has 21 heavy (non-hydrogen) atoms. The second-order valence-electron chi connectivity index (χ2n) is 8.11. The van der Waals surface area contributed by atoms with E-state index in [1.165, 1.54) is 49.7 Å². The fourth-order valence-corrected chi connectivity index (χ4v) is 4.20. The number of aliphatic hydroxyl groups is 1. The van der Waals surface area contributed by atoms with Crippen LogP contribution in [0.1, 0.15) is 66.2 Å². The Morgan fingerprint density at radius 1 is 1.38 bits per heavy atom. The minimum absolute atomic E-state index is 0.509. The van der Waals surface area contributed by atoms with Crippen molar-refractivity contribution in [2.45, 2.75) is 71.8 Å². The van der Waals surface area contributed by atoms with Crippen LogP contribution < -0.4 is 0 Å². The van der Waals surface area contributed by atoms with Crippen molar-refractivity contribution in [1.29, 1.82) is 0 Å². The van der Waals surface area contributed by atoms with Crippen LogP contribution in [0.15, 0.2) is 36.0 Å². The van der Waals surface area contributed by atoms with Crippen LogP contribution in [-0.2, 0) is 0 Å². The average Bonchev–Trinajstić information content (AvgIpc) is 2.36. The summed E-state index contributed by atoms with van der Waals surface area (Å²) in [5.74, 6) is 1.40. The molecule has 2 rings (SSSR count). The fourth-order valence-electron chi connectivity index (χ4n) is 4.20. The lowest BCUT2D eigenvalue weighted by Gasteiger charge is -2.49. The van der Waals surface area contributed by atoms with Gasteiger partial charge in [0.1, 0.15) is 0 Å². The standard InChI is InChI=1S/C20H32O/c1-15(8-6-11-19(3,4)21)17-10-13-20(5)12-7-9-16(2)18(20)14-17/h6,8,11,17-18,21H,2,7,9-10,12-14H2,1,3-5H3/b11-6-,15-8+/t17-,18-,20+/m1/s1. The van der Waals surface area contributed by atoms with E-state index in [-0.39, 0.29) is 0 Å². The van der Waals surface area contributed by atoms with Crippen LogP contribution in [-0.4, -0.2) is 10.7 Å². The number of fused-ring (bicyclic) bond motifs is 1. The molecule has 3 atom stereocenters. The van der Waals surface area contributed by atoms with Gasteiger partial charge in [0.2, 0.25) is 0 Å². The third-order valence-electron chi connectivity index (χ3n) is 5.67. The molecule has 0 aromatic heterocycles. The quantitative estimate of drug-likeness (QED) is 0.543. The highest BCUT2D eigenvalue weighted by molar-refractivity contribution is 5.20. The van der Waals surface area contributed by atoms with E-state index in [0.29, 0.717) is 17.3 Å². The van der Waals surface area contributed by atoms with Crippen molar-refractivity contribution in [2.24, 2.45) is 17.3 Å². The monoisotopic (exact) mass is 288 g/mol. The molecule has 0 amide bonds. The highest BCUT2D eigenvalue weighted by Crippen LogP contribution is 2.54. The predicted molar refractivity (Wildman–Crippen MR) is 91.1 cm³/mol. The van der Waals surface area contributed by atoms with Gasteiger partial charge in [-0.25, -0.2) is 0 Å². The van der Waals surface area contributed by atoms with Crippen molar-refractivity contribution in [3.63, 3.8) is 0 Å². The normalized spacial score (nSPS) is 35.1. The Kier molecular flexibility index (Phi) is 4.82. The largest absolute Gasteiger partial charge is 0.386 e. The molecule has 2 fully saturated rings. The number of rotatable bonds is 3. The molecule has 0 radical (unpaired) electrons. The van der Waals surface area contributed by atoms with Crippen LogP contribution >= 0.6 is 0 Å². The average molecular weight is 288 g/mol. The summed E-state index contributed by atoms with van der Waals surface area (Å²) in [5, 5.41) is 9.74. The van der Waals surface area contributed by atoms with Gasteiger partial charge < -0.3 is 5.11 Å². The van der Waals surface area contributed by atoms with Gasteiger partial charge in [0, 0.05) is 0 Å². The van der Waals surface area contributed by atoms with Crippen molar-refractivity contribution >= 4 is 0 Å². The molecule has 0 aliphatic heterocycles. The molecule has 0 bridgehead atoms. The first-order chi connectivity index (χ1) is 9.71. The molecule has 2 aliphatic carbocycles. The fraction of sp³-hybridized carbons (Fsp3) is 0.700. The molecule has 0 spiro atoms. The third-order valence-corrected chi connectivity index (χ3v) is 5.67. The molecule has 0 saturated heterocycles. The van der Waals surface area contributed by atoms with Crippen LogP contribution in [0.3, 0.4) is 0 Å². The van der Waals surface area contributed by atoms with Gasteiger partial charge in [0.05, 0.1) is 5.60 Å². The Bertz CT molecular complexity index is 449. The Labute approximate surface area is 130 Å². The highest BCUT2D eigenvalue weighted by atomic mass is 16.3. The van der Waals surface area contributed by atoms with Crippen LogP contribution in [0, 0.1) is 17.3 Å². The van der Waals surface area contributed by atoms with E-state index in [2.05, 4.69) is 26.5 Å². The lowest BCUT2D eigenvalue weighted by molar-refractivity contribution is 0.0831. The second-order valence-corrected chi connectivity index (χ2v) is 8.11. The van der Waals surface area contributed by atoms with E-state index < -0.39 is 5.60 Å². The Hall–Kier alpha value is -0.820. The maximum atomic E-state index is 9.74. The summed E-state index contributed by atoms with van der Waals surface area (Å²) in [6.45, 7) is 12.7. The van der Waals surface area contributed by atoms with E-state index >= 15 is 0 Å². The Morgan fingerprint density at radius 2 is 2.10 bits per heavy atom. The molecule has 2 aliphatic rings. The zero-order chi connectivity index (χ0) is 15.7. The summed E-state index contributed by atoms with van der Waals surface area (Å²) in [6, 6.07) is 0. The van der Waals surface area contributed by atoms with Crippen LogP contribution in [0.4, 0.5) is 0 Å². The van der Waals surface area contributed by atoms with Crippen LogP contribution in [0.25, 0.3) is 0 Å². The summed E-state index contributed by atoms with van der Waals surface area (Å²) in [6.07, 6.45) is 13.9. The maximum Gasteiger partial charge on any atom is 0.0774 e. The zero-order valence-corrected chi connectivity index (χ0v) is 14.3. The zero-order valence-electron chi connectivity index (χ0n) is 14.3. The van der Waals surface area contributed by atoms with Gasteiger partial charge in [-0.15, -0.1) is 0 Å². The summed E-state index contributed by atoms with van der Waals surface area (Å²) in [7, 11) is 0. The number of hydrogen-bond donors (Lipinski definition) is 1. The molecule has 0 unspecified atom stereocenters. The van der Waals surface area contributed by atoms with E-state index in [1.807, 2.05) is 26.0 Å². The van der Waals surface area contributed by atoms with Crippen LogP contribution in [0.5, 0.6) is 0 Å². The van der Waals surface area contributed by atoms with Crippen molar-refractivity contribution < 1.29 is 5.11 Å². The maximum absolute atomic E-state index is 9.74. The molecule has 2 saturated carbocycles. The summed E-state index contributed by atoms with van der Waals surface area (Å²) in [4.78, 5) is 0. The van der Waals surface area contributed by atoms with Gasteiger partial charge in [0.15, 0.2) is 0 Å². The molecule has 0 aromatic rings. The summed E-state index contributed by atoms with van der Waals surface area (Å²) >= 11 is 0. The molecular weight excluding hydrogens is 256 g/mol. The van der Waals surface area contributed by atoms with E-state index in [9.17, 15) is 5.11 Å². The molecule has 1 heteroatoms. The number of allylic oxidation sites excluding steroid dienone is 4. The minimum atomic E-state index is -0.723. The van der Waals surface area contributed by atoms with Gasteiger partial charge in [-0.1, -0.05) is 42.9 Å². The van der Waals surface area contributed by atoms with Gasteiger partial charge in [-0.05, 0) is 76.5 Å². The van der Waals surface area contributed by atoms with Crippen molar-refractivity contribution in [2.75, 3.05) is 0 Å². The predicted octanol–water partition coefficient (Wildman–Crippen LogP) is 5.42. The Balaban J connectivity index is 2.05. The van der Waals surface area contributed by atoms with Crippen molar-refractivity contribution in [3.8, 4) is 0 Å². The first-order valence-corrected chi connectivity index (χ1v) is 8.47. The molecular formula is C20H32O. The summed E-state index contributed by atoms with van der Waals surface area (Å²) in [5.41, 5.74) is 2.73. The minimum Gasteiger partial charge on any atom is -0.386 e. The van der Waals surface area contributed by atoms with Gasteiger partial charge in [0.25, 0.3) is 0 Å². The molecule has 118 valence electrons. The third kappa shape index (κ3) is 4.10. The molecule has 1 N–H and O–H groups in total. The smallest absolute Gasteiger partial charge is 0.0774 e. The van der Waals surface area contributed by atoms with Crippen molar-refractivity contribution in [3.05, 3.63) is 36.0 Å². The Morgan fingerprint density at radius 3 is 2.76 bits per heavy atom. The topological polar surface area (TPSA) is 20.2 Å². The first-order valence-electron chi connectivity index (χ1n) is 8.47. The first kappa shape index (κ1) is 16.5. The molecule has 1 nitrogen and oxygen atoms in total. The van der Waals surface area contributed by atoms with Gasteiger partial charge in [-0.2, -0.15) is 0 Å². The van der Waals surface area contributed by atoms with E-state index in [4.69, 9.17) is 0 Å². The van der Waals surface area contributed by atoms with E-state index in [1.54, 1.807) is 0 Å². The van der Waals surface area contributed by atoms with Gasteiger partial charge >= 0.3 is 0 Å². The van der Waals surface area contributed by atoms with Crippen molar-refractivity contribution in [1.82, 2.24) is 0 Å².